The quantitative estimate of drug-likeness (QED) is 0.719. The zero-order valence-corrected chi connectivity index (χ0v) is 8.29. The molecule has 0 amide bonds. The van der Waals surface area contributed by atoms with E-state index in [1.165, 1.54) is 13.8 Å². The van der Waals surface area contributed by atoms with Crippen LogP contribution >= 0.6 is 0 Å². The molecule has 0 spiro atoms. The molecule has 2 N–H and O–H groups in total. The highest BCUT2D eigenvalue weighted by atomic mass is 16.4. The first-order valence-corrected chi connectivity index (χ1v) is 4.16. The molecule has 0 aliphatic carbocycles. The lowest BCUT2D eigenvalue weighted by Crippen LogP contribution is -2.32. The van der Waals surface area contributed by atoms with Gasteiger partial charge in [0.05, 0.1) is 5.69 Å². The number of aliphatic carboxylic acids is 1. The van der Waals surface area contributed by atoms with Gasteiger partial charge in [-0.05, 0) is 26.8 Å². The van der Waals surface area contributed by atoms with Gasteiger partial charge in [-0.2, -0.15) is 4.98 Å². The topological polar surface area (TPSA) is 83.0 Å². The standard InChI is InChI=1S/C9H12N2O3/c1-5-4-6(11-8(14)10-5)9(2,3)7(12)13/h4H,1-3H3,(H,12,13)(H,10,11,14). The number of carbonyl (C=O) groups is 1. The molecule has 0 atom stereocenters. The first-order chi connectivity index (χ1) is 6.34. The Balaban J connectivity index is 3.32. The van der Waals surface area contributed by atoms with Gasteiger partial charge < -0.3 is 10.1 Å². The summed E-state index contributed by atoms with van der Waals surface area (Å²) in [6, 6.07) is 1.56. The van der Waals surface area contributed by atoms with Gasteiger partial charge in [0.1, 0.15) is 5.41 Å². The Labute approximate surface area is 80.8 Å². The summed E-state index contributed by atoms with van der Waals surface area (Å²) in [5, 5.41) is 8.92. The molecule has 0 aliphatic rings. The van der Waals surface area contributed by atoms with Gasteiger partial charge in [0.25, 0.3) is 0 Å². The molecule has 1 heterocycles. The predicted octanol–water partition coefficient (Wildman–Crippen LogP) is 0.441. The van der Waals surface area contributed by atoms with Gasteiger partial charge in [-0.3, -0.25) is 4.79 Å². The Morgan fingerprint density at radius 2 is 2.14 bits per heavy atom. The fourth-order valence-corrected chi connectivity index (χ4v) is 1.01. The molecule has 1 aromatic rings. The van der Waals surface area contributed by atoms with Crippen molar-refractivity contribution in [2.75, 3.05) is 0 Å². The van der Waals surface area contributed by atoms with Crippen LogP contribution in [0.25, 0.3) is 0 Å². The second kappa shape index (κ2) is 3.25. The Kier molecular flexibility index (Phi) is 2.42. The molecule has 0 bridgehead atoms. The van der Waals surface area contributed by atoms with Crippen LogP contribution in [0.15, 0.2) is 10.9 Å². The minimum absolute atomic E-state index is 0.270. The second-order valence-corrected chi connectivity index (χ2v) is 3.68. The maximum absolute atomic E-state index is 11.0. The van der Waals surface area contributed by atoms with Crippen molar-refractivity contribution in [2.45, 2.75) is 26.2 Å². The van der Waals surface area contributed by atoms with Crippen molar-refractivity contribution in [3.63, 3.8) is 0 Å². The van der Waals surface area contributed by atoms with Gasteiger partial charge in [0.2, 0.25) is 0 Å². The number of rotatable bonds is 2. The SMILES string of the molecule is Cc1cc(C(C)(C)C(=O)O)nc(=O)[nH]1. The maximum atomic E-state index is 11.0. The van der Waals surface area contributed by atoms with E-state index in [-0.39, 0.29) is 5.69 Å². The highest BCUT2D eigenvalue weighted by Crippen LogP contribution is 2.20. The summed E-state index contributed by atoms with van der Waals surface area (Å²) in [5.41, 5.74) is -0.783. The van der Waals surface area contributed by atoms with E-state index in [0.717, 1.165) is 0 Å². The first-order valence-electron chi connectivity index (χ1n) is 4.16. The number of nitrogens with zero attached hydrogens (tertiary/aromatic N) is 1. The Morgan fingerprint density at radius 1 is 1.57 bits per heavy atom. The van der Waals surface area contributed by atoms with E-state index >= 15 is 0 Å². The van der Waals surface area contributed by atoms with Crippen LogP contribution in [0.1, 0.15) is 25.2 Å². The molecule has 1 rings (SSSR count). The van der Waals surface area contributed by atoms with Crippen molar-refractivity contribution in [3.8, 4) is 0 Å². The molecule has 14 heavy (non-hydrogen) atoms. The molecular formula is C9H12N2O3. The van der Waals surface area contributed by atoms with Crippen LogP contribution in [0.5, 0.6) is 0 Å². The van der Waals surface area contributed by atoms with Crippen LogP contribution in [-0.2, 0) is 10.2 Å². The lowest BCUT2D eigenvalue weighted by atomic mass is 9.89. The predicted molar refractivity (Wildman–Crippen MR) is 50.3 cm³/mol. The van der Waals surface area contributed by atoms with E-state index in [1.807, 2.05) is 0 Å². The van der Waals surface area contributed by atoms with E-state index in [9.17, 15) is 9.59 Å². The minimum atomic E-state index is -1.14. The third-order valence-corrected chi connectivity index (χ3v) is 2.05. The molecule has 0 aromatic carbocycles. The number of aromatic nitrogens is 2. The highest BCUT2D eigenvalue weighted by molar-refractivity contribution is 5.79. The molecule has 5 nitrogen and oxygen atoms in total. The van der Waals surface area contributed by atoms with E-state index in [4.69, 9.17) is 5.11 Å². The largest absolute Gasteiger partial charge is 0.481 e. The monoisotopic (exact) mass is 196 g/mol. The van der Waals surface area contributed by atoms with Gasteiger partial charge in [-0.1, -0.05) is 0 Å². The number of carboxylic acid groups (broad SMARTS) is 1. The van der Waals surface area contributed by atoms with Gasteiger partial charge in [-0.15, -0.1) is 0 Å². The maximum Gasteiger partial charge on any atom is 0.345 e. The van der Waals surface area contributed by atoms with Crippen molar-refractivity contribution in [2.24, 2.45) is 0 Å². The zero-order chi connectivity index (χ0) is 10.9. The molecule has 1 aromatic heterocycles. The summed E-state index contributed by atoms with van der Waals surface area (Å²) >= 11 is 0. The number of carboxylic acids is 1. The summed E-state index contributed by atoms with van der Waals surface area (Å²) in [5.74, 6) is -1.00. The summed E-state index contributed by atoms with van der Waals surface area (Å²) in [4.78, 5) is 28.0. The van der Waals surface area contributed by atoms with Crippen LogP contribution < -0.4 is 5.69 Å². The van der Waals surface area contributed by atoms with Crippen LogP contribution in [0.4, 0.5) is 0 Å². The fraction of sp³-hybridized carbons (Fsp3) is 0.444. The van der Waals surface area contributed by atoms with Crippen molar-refractivity contribution in [3.05, 3.63) is 27.9 Å². The minimum Gasteiger partial charge on any atom is -0.481 e. The highest BCUT2D eigenvalue weighted by Gasteiger charge is 2.31. The van der Waals surface area contributed by atoms with E-state index < -0.39 is 17.1 Å². The zero-order valence-electron chi connectivity index (χ0n) is 8.29. The second-order valence-electron chi connectivity index (χ2n) is 3.68. The number of nitrogens with one attached hydrogen (secondary N) is 1. The van der Waals surface area contributed by atoms with Gasteiger partial charge in [0, 0.05) is 5.69 Å². The van der Waals surface area contributed by atoms with Gasteiger partial charge >= 0.3 is 11.7 Å². The van der Waals surface area contributed by atoms with Crippen molar-refractivity contribution in [1.29, 1.82) is 0 Å². The summed E-state index contributed by atoms with van der Waals surface area (Å²) in [7, 11) is 0. The number of H-pyrrole nitrogens is 1. The number of aromatic amines is 1. The molecule has 0 saturated carbocycles. The summed E-state index contributed by atoms with van der Waals surface area (Å²) in [6.07, 6.45) is 0. The van der Waals surface area contributed by atoms with Crippen LogP contribution in [0, 0.1) is 6.92 Å². The first kappa shape index (κ1) is 10.4. The van der Waals surface area contributed by atoms with Crippen LogP contribution in [0.3, 0.4) is 0 Å². The molecule has 5 heteroatoms. The number of hydrogen-bond acceptors (Lipinski definition) is 3. The summed E-state index contributed by atoms with van der Waals surface area (Å²) in [6.45, 7) is 4.71. The average Bonchev–Trinajstić information content (AvgIpc) is 2.01. The number of hydrogen-bond donors (Lipinski definition) is 2. The molecule has 0 fully saturated rings. The Morgan fingerprint density at radius 3 is 2.57 bits per heavy atom. The number of aryl methyl sites for hydroxylation is 1. The molecule has 0 radical (unpaired) electrons. The normalized spacial score (nSPS) is 11.4. The Hall–Kier alpha value is -1.65. The van der Waals surface area contributed by atoms with Gasteiger partial charge in [-0.25, -0.2) is 4.79 Å². The Bertz CT molecular complexity index is 420. The van der Waals surface area contributed by atoms with Crippen molar-refractivity contribution >= 4 is 5.97 Å². The summed E-state index contributed by atoms with van der Waals surface area (Å²) < 4.78 is 0. The van der Waals surface area contributed by atoms with Crippen molar-refractivity contribution < 1.29 is 9.90 Å². The smallest absolute Gasteiger partial charge is 0.345 e. The molecule has 0 aliphatic heterocycles. The molecule has 76 valence electrons. The lowest BCUT2D eigenvalue weighted by molar-refractivity contribution is -0.142. The van der Waals surface area contributed by atoms with Crippen LogP contribution in [0.2, 0.25) is 0 Å². The van der Waals surface area contributed by atoms with E-state index in [2.05, 4.69) is 9.97 Å². The molecular weight excluding hydrogens is 184 g/mol. The molecule has 0 unspecified atom stereocenters. The third-order valence-electron chi connectivity index (χ3n) is 2.05. The van der Waals surface area contributed by atoms with Gasteiger partial charge in [0.15, 0.2) is 0 Å². The van der Waals surface area contributed by atoms with Crippen molar-refractivity contribution in [1.82, 2.24) is 9.97 Å². The van der Waals surface area contributed by atoms with E-state index in [1.54, 1.807) is 13.0 Å². The lowest BCUT2D eigenvalue weighted by Gasteiger charge is -2.17. The average molecular weight is 196 g/mol. The van der Waals surface area contributed by atoms with E-state index in [0.29, 0.717) is 5.69 Å². The fourth-order valence-electron chi connectivity index (χ4n) is 1.01. The third kappa shape index (κ3) is 1.81. The molecule has 0 saturated heterocycles. The van der Waals surface area contributed by atoms with Crippen LogP contribution in [-0.4, -0.2) is 21.0 Å².